The van der Waals surface area contributed by atoms with E-state index >= 15 is 0 Å². The summed E-state index contributed by atoms with van der Waals surface area (Å²) in [6, 6.07) is 56.2. The number of benzene rings is 8. The minimum absolute atomic E-state index is 0.0230. The van der Waals surface area contributed by atoms with Gasteiger partial charge < -0.3 is 18.6 Å². The molecule has 10 aromatic rings. The van der Waals surface area contributed by atoms with Crippen LogP contribution in [0.2, 0.25) is 0 Å². The van der Waals surface area contributed by atoms with E-state index in [1.54, 1.807) is 0 Å². The smallest absolute Gasteiger partial charge is 0.260 e. The van der Waals surface area contributed by atoms with Crippen molar-refractivity contribution in [2.24, 2.45) is 0 Å². The molecule has 0 spiro atoms. The predicted molar refractivity (Wildman–Crippen MR) is 268 cm³/mol. The molecule has 0 bridgehead atoms. The number of para-hydroxylation sites is 3. The van der Waals surface area contributed by atoms with Gasteiger partial charge in [-0.05, 0) is 86.0 Å². The Kier molecular flexibility index (Phi) is 7.40. The van der Waals surface area contributed by atoms with Crippen LogP contribution in [-0.4, -0.2) is 15.8 Å². The molecule has 0 radical (unpaired) electrons. The molecule has 0 amide bonds. The third-order valence-corrected chi connectivity index (χ3v) is 14.7. The Morgan fingerprint density at radius 2 is 1.00 bits per heavy atom. The monoisotopic (exact) mass is 828 g/mol. The highest BCUT2D eigenvalue weighted by molar-refractivity contribution is 6.98. The number of fused-ring (bicyclic) bond motifs is 16. The molecule has 2 aliphatic heterocycles. The Labute approximate surface area is 374 Å². The lowest BCUT2D eigenvalue weighted by Gasteiger charge is -2.35. The van der Waals surface area contributed by atoms with Crippen LogP contribution in [0, 0.1) is 0 Å². The molecule has 0 saturated carbocycles. The van der Waals surface area contributed by atoms with Gasteiger partial charge >= 0.3 is 0 Å². The SMILES string of the molecule is CC(C)(C)c1ccc2c(c1)B1c3cc(C(C)(C)C)ccc3Oc3cc(-n4c5ccccc5c5c6c(c7c(c8ccccc8n7-c7ccccc7)c54)-c4ccccc4C6(C)C)cc(c31)O2. The van der Waals surface area contributed by atoms with E-state index in [1.807, 2.05) is 0 Å². The molecule has 1 aliphatic carbocycles. The van der Waals surface area contributed by atoms with Gasteiger partial charge in [0.25, 0.3) is 6.71 Å². The summed E-state index contributed by atoms with van der Waals surface area (Å²) in [5.41, 5.74) is 18.0. The molecule has 0 N–H and O–H groups in total. The zero-order valence-electron chi connectivity index (χ0n) is 37.7. The van der Waals surface area contributed by atoms with Crippen molar-refractivity contribution in [3.8, 4) is 45.5 Å². The number of hydrogen-bond donors (Lipinski definition) is 0. The summed E-state index contributed by atoms with van der Waals surface area (Å²) in [5.74, 6) is 3.47. The second-order valence-corrected chi connectivity index (χ2v) is 20.9. The molecule has 3 aliphatic rings. The first-order valence-electron chi connectivity index (χ1n) is 22.8. The number of ether oxygens (including phenoxy) is 2. The summed E-state index contributed by atoms with van der Waals surface area (Å²) in [7, 11) is 0. The normalized spacial score (nSPS) is 14.6. The Hall–Kier alpha value is -6.98. The maximum absolute atomic E-state index is 7.14. The maximum atomic E-state index is 7.14. The molecule has 13 rings (SSSR count). The molecule has 5 heteroatoms. The first-order chi connectivity index (χ1) is 30.8. The van der Waals surface area contributed by atoms with E-state index in [2.05, 4.69) is 216 Å². The average molecular weight is 829 g/mol. The second-order valence-electron chi connectivity index (χ2n) is 20.9. The highest BCUT2D eigenvalue weighted by Gasteiger charge is 2.44. The van der Waals surface area contributed by atoms with Gasteiger partial charge in [0.05, 0.1) is 27.8 Å². The summed E-state index contributed by atoms with van der Waals surface area (Å²) in [5, 5.41) is 4.99. The molecule has 4 heterocycles. The molecule has 0 fully saturated rings. The minimum atomic E-state index is -0.280. The summed E-state index contributed by atoms with van der Waals surface area (Å²) in [6.07, 6.45) is 0. The lowest BCUT2D eigenvalue weighted by Crippen LogP contribution is -2.57. The van der Waals surface area contributed by atoms with Gasteiger partial charge in [0, 0.05) is 55.8 Å². The van der Waals surface area contributed by atoms with Crippen molar-refractivity contribution in [2.75, 3.05) is 0 Å². The second kappa shape index (κ2) is 12.6. The van der Waals surface area contributed by atoms with Crippen LogP contribution in [0.15, 0.2) is 152 Å². The number of hydrogen-bond acceptors (Lipinski definition) is 2. The molecule has 4 nitrogen and oxygen atoms in total. The van der Waals surface area contributed by atoms with Gasteiger partial charge in [-0.1, -0.05) is 159 Å². The summed E-state index contributed by atoms with van der Waals surface area (Å²) >= 11 is 0. The molecular formula is C59H49BN2O2. The van der Waals surface area contributed by atoms with E-state index in [1.165, 1.54) is 82.4 Å². The molecule has 310 valence electrons. The largest absolute Gasteiger partial charge is 0.458 e. The zero-order chi connectivity index (χ0) is 43.6. The van der Waals surface area contributed by atoms with Gasteiger partial charge in [-0.25, -0.2) is 0 Å². The molecule has 64 heavy (non-hydrogen) atoms. The van der Waals surface area contributed by atoms with Crippen LogP contribution in [0.3, 0.4) is 0 Å². The van der Waals surface area contributed by atoms with E-state index in [0.29, 0.717) is 0 Å². The number of rotatable bonds is 2. The van der Waals surface area contributed by atoms with Crippen LogP contribution >= 0.6 is 0 Å². The highest BCUT2D eigenvalue weighted by atomic mass is 16.5. The summed E-state index contributed by atoms with van der Waals surface area (Å²) < 4.78 is 19.3. The van der Waals surface area contributed by atoms with Gasteiger partial charge in [-0.15, -0.1) is 0 Å². The van der Waals surface area contributed by atoms with Crippen molar-refractivity contribution in [3.63, 3.8) is 0 Å². The molecule has 0 saturated heterocycles. The molecule has 0 unspecified atom stereocenters. The van der Waals surface area contributed by atoms with Crippen LogP contribution in [0.1, 0.15) is 77.6 Å². The van der Waals surface area contributed by atoms with Crippen LogP contribution in [0.4, 0.5) is 0 Å². The lowest BCUT2D eigenvalue weighted by molar-refractivity contribution is 0.463. The van der Waals surface area contributed by atoms with Crippen LogP contribution in [-0.2, 0) is 16.2 Å². The third kappa shape index (κ3) is 4.96. The van der Waals surface area contributed by atoms with E-state index in [9.17, 15) is 0 Å². The quantitative estimate of drug-likeness (QED) is 0.162. The van der Waals surface area contributed by atoms with Gasteiger partial charge in [0.15, 0.2) is 0 Å². The number of nitrogens with zero attached hydrogens (tertiary/aromatic N) is 2. The first kappa shape index (κ1) is 37.6. The van der Waals surface area contributed by atoms with Gasteiger partial charge in [-0.2, -0.15) is 0 Å². The van der Waals surface area contributed by atoms with E-state index in [4.69, 9.17) is 9.47 Å². The average Bonchev–Trinajstić information content (AvgIpc) is 3.89. The Balaban J connectivity index is 1.18. The summed E-state index contributed by atoms with van der Waals surface area (Å²) in [6.45, 7) is 18.5. The Bertz CT molecular complexity index is 3580. The van der Waals surface area contributed by atoms with Crippen molar-refractivity contribution >= 4 is 66.7 Å². The summed E-state index contributed by atoms with van der Waals surface area (Å²) in [4.78, 5) is 0. The van der Waals surface area contributed by atoms with Crippen LogP contribution in [0.5, 0.6) is 23.0 Å². The van der Waals surface area contributed by atoms with Crippen molar-refractivity contribution in [1.29, 1.82) is 0 Å². The molecule has 8 aromatic carbocycles. The van der Waals surface area contributed by atoms with E-state index in [0.717, 1.165) is 45.4 Å². The van der Waals surface area contributed by atoms with E-state index < -0.39 is 0 Å². The fourth-order valence-electron chi connectivity index (χ4n) is 11.6. The third-order valence-electron chi connectivity index (χ3n) is 14.7. The topological polar surface area (TPSA) is 28.3 Å². The fourth-order valence-corrected chi connectivity index (χ4v) is 11.6. The minimum Gasteiger partial charge on any atom is -0.458 e. The predicted octanol–water partition coefficient (Wildman–Crippen LogP) is 13.5. The van der Waals surface area contributed by atoms with E-state index in [-0.39, 0.29) is 23.0 Å². The van der Waals surface area contributed by atoms with Gasteiger partial charge in [0.1, 0.15) is 23.0 Å². The first-order valence-corrected chi connectivity index (χ1v) is 22.8. The van der Waals surface area contributed by atoms with Gasteiger partial charge in [-0.3, -0.25) is 0 Å². The Morgan fingerprint density at radius 1 is 0.484 bits per heavy atom. The standard InChI is InChI=1S/C59H49BN2O2/c1-57(2,3)34-26-28-46-42(30-34)60-43-31-35(58(4,5)6)27-29-47(43)64-49-33-37(32-48(63-46)54(49)60)62-44-24-16-13-21-39(44)51-53-50(38-20-12-15-23-41(38)59(53,7)8)55-52(56(51)62)40-22-14-17-25-45(40)61(55)36-18-10-9-11-19-36/h9-33H,1-8H3. The van der Waals surface area contributed by atoms with Crippen molar-refractivity contribution in [3.05, 3.63) is 174 Å². The van der Waals surface area contributed by atoms with Gasteiger partial charge in [0.2, 0.25) is 0 Å². The lowest BCUT2D eigenvalue weighted by atomic mass is 9.34. The fraction of sp³-hybridized carbons (Fsp3) is 0.186. The highest BCUT2D eigenvalue weighted by Crippen LogP contribution is 2.58. The number of aromatic nitrogens is 2. The molecular weight excluding hydrogens is 779 g/mol. The Morgan fingerprint density at radius 3 is 1.59 bits per heavy atom. The maximum Gasteiger partial charge on any atom is 0.260 e. The van der Waals surface area contributed by atoms with Crippen LogP contribution < -0.4 is 25.9 Å². The van der Waals surface area contributed by atoms with Crippen LogP contribution in [0.25, 0.3) is 66.1 Å². The van der Waals surface area contributed by atoms with Crippen molar-refractivity contribution in [2.45, 2.75) is 71.6 Å². The molecule has 2 aromatic heterocycles. The zero-order valence-corrected chi connectivity index (χ0v) is 37.7. The van der Waals surface area contributed by atoms with Crippen molar-refractivity contribution in [1.82, 2.24) is 9.13 Å². The molecule has 0 atom stereocenters. The van der Waals surface area contributed by atoms with Crippen molar-refractivity contribution < 1.29 is 9.47 Å².